The van der Waals surface area contributed by atoms with Gasteiger partial charge in [-0.1, -0.05) is 12.1 Å². The van der Waals surface area contributed by atoms with Crippen molar-refractivity contribution < 1.29 is 9.53 Å². The molecule has 0 bridgehead atoms. The molecule has 5 nitrogen and oxygen atoms in total. The number of amides is 1. The number of rotatable bonds is 4. The molecule has 116 valence electrons. The van der Waals surface area contributed by atoms with Crippen LogP contribution < -0.4 is 16.0 Å². The lowest BCUT2D eigenvalue weighted by molar-refractivity contribution is -0.125. The maximum absolute atomic E-state index is 12.4. The highest BCUT2D eigenvalue weighted by Crippen LogP contribution is 2.25. The number of ether oxygens (including phenoxy) is 1. The van der Waals surface area contributed by atoms with Gasteiger partial charge in [0.1, 0.15) is 6.04 Å². The first-order valence-electron chi connectivity index (χ1n) is 7.47. The molecule has 0 spiro atoms. The minimum atomic E-state index is -0.298. The number of hydrogen-bond acceptors (Lipinski definition) is 4. The van der Waals surface area contributed by atoms with Crippen LogP contribution >= 0.6 is 0 Å². The van der Waals surface area contributed by atoms with Crippen LogP contribution in [-0.2, 0) is 16.1 Å². The topological polar surface area (TPSA) is 67.6 Å². The number of aryl methyl sites for hydroxylation is 1. The standard InChI is InChI=1S/C16H25N3O2/c1-11(2)18-16(20)15-10-21-7-6-19(15)14-8-12(3)4-5-13(14)9-17/h4-5,8,11,15H,6-7,9-10,17H2,1-3H3,(H,18,20). The monoisotopic (exact) mass is 291 g/mol. The number of carbonyl (C=O) groups is 1. The zero-order chi connectivity index (χ0) is 15.4. The van der Waals surface area contributed by atoms with E-state index in [1.165, 1.54) is 0 Å². The highest BCUT2D eigenvalue weighted by Gasteiger charge is 2.30. The average molecular weight is 291 g/mol. The summed E-state index contributed by atoms with van der Waals surface area (Å²) < 4.78 is 5.51. The third-order valence-corrected chi connectivity index (χ3v) is 3.63. The van der Waals surface area contributed by atoms with Gasteiger partial charge >= 0.3 is 0 Å². The van der Waals surface area contributed by atoms with Crippen LogP contribution in [0.3, 0.4) is 0 Å². The SMILES string of the molecule is Cc1ccc(CN)c(N2CCOCC2C(=O)NC(C)C)c1. The van der Waals surface area contributed by atoms with Crippen LogP contribution in [-0.4, -0.2) is 37.7 Å². The molecule has 1 atom stereocenters. The molecule has 21 heavy (non-hydrogen) atoms. The zero-order valence-corrected chi connectivity index (χ0v) is 13.1. The first-order chi connectivity index (χ1) is 10.0. The van der Waals surface area contributed by atoms with Crippen LogP contribution in [0, 0.1) is 6.92 Å². The van der Waals surface area contributed by atoms with E-state index in [-0.39, 0.29) is 18.0 Å². The number of hydrogen-bond donors (Lipinski definition) is 2. The maximum atomic E-state index is 12.4. The molecule has 0 radical (unpaired) electrons. The highest BCUT2D eigenvalue weighted by molar-refractivity contribution is 5.86. The van der Waals surface area contributed by atoms with E-state index >= 15 is 0 Å². The average Bonchev–Trinajstić information content (AvgIpc) is 2.46. The Hall–Kier alpha value is -1.59. The number of anilines is 1. The van der Waals surface area contributed by atoms with Crippen molar-refractivity contribution in [2.24, 2.45) is 5.73 Å². The van der Waals surface area contributed by atoms with E-state index in [1.54, 1.807) is 0 Å². The Morgan fingerprint density at radius 1 is 1.52 bits per heavy atom. The van der Waals surface area contributed by atoms with E-state index in [9.17, 15) is 4.79 Å². The summed E-state index contributed by atoms with van der Waals surface area (Å²) in [6.07, 6.45) is 0. The van der Waals surface area contributed by atoms with Crippen LogP contribution in [0.2, 0.25) is 0 Å². The summed E-state index contributed by atoms with van der Waals surface area (Å²) in [4.78, 5) is 14.5. The van der Waals surface area contributed by atoms with Gasteiger partial charge in [0.25, 0.3) is 0 Å². The fourth-order valence-corrected chi connectivity index (χ4v) is 2.60. The molecule has 5 heteroatoms. The van der Waals surface area contributed by atoms with Crippen LogP contribution in [0.4, 0.5) is 5.69 Å². The van der Waals surface area contributed by atoms with Crippen LogP contribution in [0.5, 0.6) is 0 Å². The number of nitrogens with one attached hydrogen (secondary N) is 1. The summed E-state index contributed by atoms with van der Waals surface area (Å²) in [5.74, 6) is 0.00850. The summed E-state index contributed by atoms with van der Waals surface area (Å²) in [5.41, 5.74) is 9.12. The minimum Gasteiger partial charge on any atom is -0.377 e. The Bertz CT molecular complexity index is 502. The molecule has 2 rings (SSSR count). The van der Waals surface area contributed by atoms with E-state index in [0.717, 1.165) is 16.8 Å². The van der Waals surface area contributed by atoms with Crippen molar-refractivity contribution in [1.29, 1.82) is 0 Å². The Labute approximate surface area is 126 Å². The molecule has 0 saturated carbocycles. The second kappa shape index (κ2) is 6.91. The number of benzene rings is 1. The van der Waals surface area contributed by atoms with Gasteiger partial charge in [0.2, 0.25) is 5.91 Å². The van der Waals surface area contributed by atoms with Crippen molar-refractivity contribution in [2.75, 3.05) is 24.7 Å². The van der Waals surface area contributed by atoms with Crippen molar-refractivity contribution in [3.63, 3.8) is 0 Å². The number of carbonyl (C=O) groups excluding carboxylic acids is 1. The summed E-state index contributed by atoms with van der Waals surface area (Å²) in [6.45, 7) is 8.18. The Morgan fingerprint density at radius 2 is 2.29 bits per heavy atom. The molecule has 1 aromatic rings. The smallest absolute Gasteiger partial charge is 0.245 e. The molecule has 3 N–H and O–H groups in total. The quantitative estimate of drug-likeness (QED) is 0.874. The van der Waals surface area contributed by atoms with Gasteiger partial charge in [-0.05, 0) is 38.0 Å². The van der Waals surface area contributed by atoms with Gasteiger partial charge in [-0.3, -0.25) is 4.79 Å². The second-order valence-corrected chi connectivity index (χ2v) is 5.78. The van der Waals surface area contributed by atoms with Gasteiger partial charge < -0.3 is 20.7 Å². The number of morpholine rings is 1. The van der Waals surface area contributed by atoms with Crippen molar-refractivity contribution in [3.05, 3.63) is 29.3 Å². The fourth-order valence-electron chi connectivity index (χ4n) is 2.60. The van der Waals surface area contributed by atoms with Gasteiger partial charge in [-0.15, -0.1) is 0 Å². The minimum absolute atomic E-state index is 0.00850. The van der Waals surface area contributed by atoms with E-state index < -0.39 is 0 Å². The molecule has 0 aliphatic carbocycles. The van der Waals surface area contributed by atoms with E-state index in [1.807, 2.05) is 26.8 Å². The normalized spacial score (nSPS) is 18.9. The van der Waals surface area contributed by atoms with Gasteiger partial charge in [0.15, 0.2) is 0 Å². The zero-order valence-electron chi connectivity index (χ0n) is 13.1. The van der Waals surface area contributed by atoms with Gasteiger partial charge in [-0.25, -0.2) is 0 Å². The molecular formula is C16H25N3O2. The molecular weight excluding hydrogens is 266 g/mol. The number of nitrogens with two attached hydrogens (primary N) is 1. The lowest BCUT2D eigenvalue weighted by atomic mass is 10.1. The molecule has 1 aliphatic rings. The summed E-state index contributed by atoms with van der Waals surface area (Å²) >= 11 is 0. The lowest BCUT2D eigenvalue weighted by Crippen LogP contribution is -2.55. The predicted molar refractivity (Wildman–Crippen MR) is 84.3 cm³/mol. The molecule has 0 aromatic heterocycles. The Balaban J connectivity index is 2.30. The number of nitrogens with zero attached hydrogens (tertiary/aromatic N) is 1. The molecule has 1 unspecified atom stereocenters. The predicted octanol–water partition coefficient (Wildman–Crippen LogP) is 1.18. The third-order valence-electron chi connectivity index (χ3n) is 3.63. The van der Waals surface area contributed by atoms with Crippen molar-refractivity contribution in [3.8, 4) is 0 Å². The molecule has 1 aromatic carbocycles. The summed E-state index contributed by atoms with van der Waals surface area (Å²) in [5, 5.41) is 2.97. The van der Waals surface area contributed by atoms with E-state index in [0.29, 0.717) is 26.3 Å². The molecule has 1 heterocycles. The summed E-state index contributed by atoms with van der Waals surface area (Å²) in [7, 11) is 0. The maximum Gasteiger partial charge on any atom is 0.245 e. The van der Waals surface area contributed by atoms with Crippen molar-refractivity contribution in [2.45, 2.75) is 39.4 Å². The van der Waals surface area contributed by atoms with E-state index in [2.05, 4.69) is 22.3 Å². The van der Waals surface area contributed by atoms with Crippen molar-refractivity contribution in [1.82, 2.24) is 5.32 Å². The van der Waals surface area contributed by atoms with Gasteiger partial charge in [-0.2, -0.15) is 0 Å². The first kappa shape index (κ1) is 15.8. The van der Waals surface area contributed by atoms with Gasteiger partial charge in [0.05, 0.1) is 13.2 Å². The second-order valence-electron chi connectivity index (χ2n) is 5.78. The largest absolute Gasteiger partial charge is 0.377 e. The lowest BCUT2D eigenvalue weighted by Gasteiger charge is -2.37. The Morgan fingerprint density at radius 3 is 2.95 bits per heavy atom. The third kappa shape index (κ3) is 3.74. The molecule has 1 saturated heterocycles. The highest BCUT2D eigenvalue weighted by atomic mass is 16.5. The van der Waals surface area contributed by atoms with Crippen molar-refractivity contribution >= 4 is 11.6 Å². The molecule has 1 aliphatic heterocycles. The van der Waals surface area contributed by atoms with Gasteiger partial charge in [0, 0.05) is 24.8 Å². The molecule has 1 amide bonds. The Kier molecular flexibility index (Phi) is 5.20. The van der Waals surface area contributed by atoms with E-state index in [4.69, 9.17) is 10.5 Å². The van der Waals surface area contributed by atoms with Crippen LogP contribution in [0.1, 0.15) is 25.0 Å². The fraction of sp³-hybridized carbons (Fsp3) is 0.562. The first-order valence-corrected chi connectivity index (χ1v) is 7.47. The molecule has 1 fully saturated rings. The summed E-state index contributed by atoms with van der Waals surface area (Å²) in [6, 6.07) is 6.01. The van der Waals surface area contributed by atoms with Crippen LogP contribution in [0.25, 0.3) is 0 Å². The van der Waals surface area contributed by atoms with Crippen LogP contribution in [0.15, 0.2) is 18.2 Å².